The highest BCUT2D eigenvalue weighted by atomic mass is 19.1. The zero-order valence-corrected chi connectivity index (χ0v) is 11.4. The lowest BCUT2D eigenvalue weighted by molar-refractivity contribution is 0.614. The third-order valence-corrected chi connectivity index (χ3v) is 3.23. The molecule has 0 radical (unpaired) electrons. The van der Waals surface area contributed by atoms with Crippen molar-refractivity contribution in [2.24, 2.45) is 0 Å². The van der Waals surface area contributed by atoms with Crippen LogP contribution in [0.3, 0.4) is 0 Å². The van der Waals surface area contributed by atoms with Gasteiger partial charge in [-0.05, 0) is 49.2 Å². The third kappa shape index (κ3) is 2.89. The van der Waals surface area contributed by atoms with Gasteiger partial charge in [0, 0.05) is 11.7 Å². The third-order valence-electron chi connectivity index (χ3n) is 3.23. The number of nitrogen functional groups attached to an aromatic ring is 1. The Morgan fingerprint density at radius 3 is 2.65 bits per heavy atom. The first-order valence-corrected chi connectivity index (χ1v) is 6.33. The number of aryl methyl sites for hydroxylation is 1. The summed E-state index contributed by atoms with van der Waals surface area (Å²) in [5, 5.41) is 12.3. The van der Waals surface area contributed by atoms with Crippen LogP contribution in [-0.4, -0.2) is 0 Å². The summed E-state index contributed by atoms with van der Waals surface area (Å²) in [4.78, 5) is 0. The van der Waals surface area contributed by atoms with Crippen LogP contribution in [0.4, 0.5) is 15.8 Å². The topological polar surface area (TPSA) is 61.8 Å². The summed E-state index contributed by atoms with van der Waals surface area (Å²) >= 11 is 0. The Bertz CT molecular complexity index is 674. The second-order valence-electron chi connectivity index (χ2n) is 4.79. The van der Waals surface area contributed by atoms with Gasteiger partial charge in [0.1, 0.15) is 11.9 Å². The van der Waals surface area contributed by atoms with Crippen molar-refractivity contribution in [2.45, 2.75) is 19.9 Å². The van der Waals surface area contributed by atoms with Crippen LogP contribution in [0.2, 0.25) is 0 Å². The predicted octanol–water partition coefficient (Wildman–Crippen LogP) is 3.76. The van der Waals surface area contributed by atoms with Crippen molar-refractivity contribution < 1.29 is 4.39 Å². The molecule has 0 saturated carbocycles. The van der Waals surface area contributed by atoms with Crippen molar-refractivity contribution in [1.82, 2.24) is 0 Å². The number of anilines is 2. The van der Waals surface area contributed by atoms with E-state index in [9.17, 15) is 4.39 Å². The lowest BCUT2D eigenvalue weighted by Gasteiger charge is -2.17. The maximum atomic E-state index is 13.6. The van der Waals surface area contributed by atoms with Crippen LogP contribution in [0.15, 0.2) is 36.4 Å². The van der Waals surface area contributed by atoms with Gasteiger partial charge in [-0.2, -0.15) is 5.26 Å². The number of hydrogen-bond acceptors (Lipinski definition) is 3. The molecule has 4 heteroatoms. The van der Waals surface area contributed by atoms with Crippen molar-refractivity contribution in [2.75, 3.05) is 11.1 Å². The molecule has 2 rings (SSSR count). The molecule has 2 aromatic rings. The van der Waals surface area contributed by atoms with E-state index in [4.69, 9.17) is 11.0 Å². The van der Waals surface area contributed by atoms with E-state index in [1.165, 1.54) is 6.07 Å². The SMILES string of the molecule is Cc1ccc(C(C)Nc2ccc(N)cc2C#N)cc1F. The smallest absolute Gasteiger partial charge is 0.126 e. The first-order chi connectivity index (χ1) is 9.51. The number of nitriles is 1. The minimum Gasteiger partial charge on any atom is -0.399 e. The fourth-order valence-electron chi connectivity index (χ4n) is 1.98. The molecular weight excluding hydrogens is 253 g/mol. The number of nitrogens with zero attached hydrogens (tertiary/aromatic N) is 1. The zero-order valence-electron chi connectivity index (χ0n) is 11.4. The largest absolute Gasteiger partial charge is 0.399 e. The Hall–Kier alpha value is -2.54. The molecule has 0 bridgehead atoms. The molecule has 0 aromatic heterocycles. The predicted molar refractivity (Wildman–Crippen MR) is 78.7 cm³/mol. The van der Waals surface area contributed by atoms with Gasteiger partial charge in [0.05, 0.1) is 11.3 Å². The van der Waals surface area contributed by atoms with Crippen molar-refractivity contribution in [3.05, 3.63) is 58.9 Å². The molecule has 0 amide bonds. The molecule has 20 heavy (non-hydrogen) atoms. The minimum absolute atomic E-state index is 0.110. The molecule has 1 atom stereocenters. The molecule has 102 valence electrons. The van der Waals surface area contributed by atoms with Gasteiger partial charge in [-0.3, -0.25) is 0 Å². The van der Waals surface area contributed by atoms with E-state index in [1.54, 1.807) is 31.2 Å². The van der Waals surface area contributed by atoms with Gasteiger partial charge in [0.15, 0.2) is 0 Å². The summed E-state index contributed by atoms with van der Waals surface area (Å²) in [5.41, 5.74) is 8.81. The van der Waals surface area contributed by atoms with Gasteiger partial charge >= 0.3 is 0 Å². The van der Waals surface area contributed by atoms with Gasteiger partial charge in [0.2, 0.25) is 0 Å². The average Bonchev–Trinajstić information content (AvgIpc) is 2.43. The zero-order chi connectivity index (χ0) is 14.7. The van der Waals surface area contributed by atoms with Crippen molar-refractivity contribution in [1.29, 1.82) is 5.26 Å². The quantitative estimate of drug-likeness (QED) is 0.834. The molecule has 2 aromatic carbocycles. The maximum Gasteiger partial charge on any atom is 0.126 e. The van der Waals surface area contributed by atoms with E-state index >= 15 is 0 Å². The summed E-state index contributed by atoms with van der Waals surface area (Å²) in [7, 11) is 0. The first kappa shape index (κ1) is 13.9. The number of halogens is 1. The number of hydrogen-bond donors (Lipinski definition) is 2. The Morgan fingerprint density at radius 2 is 2.00 bits per heavy atom. The van der Waals surface area contributed by atoms with E-state index in [0.29, 0.717) is 22.5 Å². The maximum absolute atomic E-state index is 13.6. The minimum atomic E-state index is -0.228. The second kappa shape index (κ2) is 5.62. The number of nitrogens with one attached hydrogen (secondary N) is 1. The molecule has 0 aliphatic heterocycles. The van der Waals surface area contributed by atoms with E-state index in [-0.39, 0.29) is 11.9 Å². The average molecular weight is 269 g/mol. The van der Waals surface area contributed by atoms with Crippen molar-refractivity contribution in [3.63, 3.8) is 0 Å². The fraction of sp³-hybridized carbons (Fsp3) is 0.188. The van der Waals surface area contributed by atoms with Crippen LogP contribution in [-0.2, 0) is 0 Å². The Balaban J connectivity index is 2.25. The normalized spacial score (nSPS) is 11.7. The molecule has 3 N–H and O–H groups in total. The second-order valence-corrected chi connectivity index (χ2v) is 4.79. The Morgan fingerprint density at radius 1 is 1.25 bits per heavy atom. The van der Waals surface area contributed by atoms with Crippen LogP contribution < -0.4 is 11.1 Å². The summed E-state index contributed by atoms with van der Waals surface area (Å²) in [6.45, 7) is 3.65. The molecule has 0 aliphatic rings. The fourth-order valence-corrected chi connectivity index (χ4v) is 1.98. The molecule has 1 unspecified atom stereocenters. The van der Waals surface area contributed by atoms with Crippen LogP contribution in [0.5, 0.6) is 0 Å². The highest BCUT2D eigenvalue weighted by Gasteiger charge is 2.10. The van der Waals surface area contributed by atoms with Gasteiger partial charge in [-0.15, -0.1) is 0 Å². The standard InChI is InChI=1S/C16H16FN3/c1-10-3-4-12(8-15(10)17)11(2)20-16-6-5-14(19)7-13(16)9-18/h3-8,11,20H,19H2,1-2H3. The Labute approximate surface area is 117 Å². The van der Waals surface area contributed by atoms with Crippen molar-refractivity contribution in [3.8, 4) is 6.07 Å². The molecule has 0 spiro atoms. The summed E-state index contributed by atoms with van der Waals surface area (Å²) in [5.74, 6) is -0.228. The number of rotatable bonds is 3. The van der Waals surface area contributed by atoms with Crippen LogP contribution in [0.1, 0.15) is 29.7 Å². The highest BCUT2D eigenvalue weighted by Crippen LogP contribution is 2.24. The monoisotopic (exact) mass is 269 g/mol. The summed E-state index contributed by atoms with van der Waals surface area (Å²) < 4.78 is 13.6. The van der Waals surface area contributed by atoms with E-state index in [1.807, 2.05) is 13.0 Å². The Kier molecular flexibility index (Phi) is 3.90. The molecule has 3 nitrogen and oxygen atoms in total. The summed E-state index contributed by atoms with van der Waals surface area (Å²) in [6, 6.07) is 12.2. The first-order valence-electron chi connectivity index (χ1n) is 6.33. The van der Waals surface area contributed by atoms with Gasteiger partial charge < -0.3 is 11.1 Å². The summed E-state index contributed by atoms with van der Waals surface area (Å²) in [6.07, 6.45) is 0. The van der Waals surface area contributed by atoms with Gasteiger partial charge in [-0.1, -0.05) is 12.1 Å². The van der Waals surface area contributed by atoms with Crippen LogP contribution in [0.25, 0.3) is 0 Å². The van der Waals surface area contributed by atoms with Crippen molar-refractivity contribution >= 4 is 11.4 Å². The molecule has 0 saturated heterocycles. The van der Waals surface area contributed by atoms with Crippen LogP contribution >= 0.6 is 0 Å². The number of benzene rings is 2. The number of nitrogens with two attached hydrogens (primary N) is 1. The molecule has 0 aliphatic carbocycles. The van der Waals surface area contributed by atoms with Gasteiger partial charge in [-0.25, -0.2) is 4.39 Å². The van der Waals surface area contributed by atoms with E-state index in [2.05, 4.69) is 11.4 Å². The van der Waals surface area contributed by atoms with Crippen LogP contribution in [0, 0.1) is 24.1 Å². The van der Waals surface area contributed by atoms with E-state index < -0.39 is 0 Å². The van der Waals surface area contributed by atoms with E-state index in [0.717, 1.165) is 5.56 Å². The van der Waals surface area contributed by atoms with Gasteiger partial charge in [0.25, 0.3) is 0 Å². The lowest BCUT2D eigenvalue weighted by Crippen LogP contribution is -2.08. The molecule has 0 heterocycles. The lowest BCUT2D eigenvalue weighted by atomic mass is 10.0. The highest BCUT2D eigenvalue weighted by molar-refractivity contribution is 5.63. The molecule has 0 fully saturated rings. The molecular formula is C16H16FN3.